The van der Waals surface area contributed by atoms with Crippen molar-refractivity contribution in [3.8, 4) is 5.88 Å². The van der Waals surface area contributed by atoms with E-state index in [-0.39, 0.29) is 16.5 Å². The smallest absolute Gasteiger partial charge is 0.422 e. The number of carbonyl (C=O) groups is 2. The van der Waals surface area contributed by atoms with Crippen LogP contribution in [0.2, 0.25) is 5.02 Å². The fourth-order valence-electron chi connectivity index (χ4n) is 1.90. The average molecular weight is 402 g/mol. The zero-order chi connectivity index (χ0) is 20.0. The van der Waals surface area contributed by atoms with Gasteiger partial charge in [-0.2, -0.15) is 13.2 Å². The van der Waals surface area contributed by atoms with Crippen LogP contribution in [-0.2, 0) is 4.79 Å². The molecule has 1 aromatic carbocycles. The van der Waals surface area contributed by atoms with Gasteiger partial charge in [-0.05, 0) is 30.3 Å². The van der Waals surface area contributed by atoms with Crippen LogP contribution in [0.25, 0.3) is 0 Å². The van der Waals surface area contributed by atoms with Gasteiger partial charge in [0.25, 0.3) is 5.91 Å². The molecule has 27 heavy (non-hydrogen) atoms. The first-order valence-corrected chi connectivity index (χ1v) is 8.12. The second kappa shape index (κ2) is 8.72. The summed E-state index contributed by atoms with van der Waals surface area (Å²) in [5.41, 5.74) is 1.07. The number of ether oxygens (including phenoxy) is 1. The van der Waals surface area contributed by atoms with E-state index in [9.17, 15) is 22.8 Å². The van der Waals surface area contributed by atoms with Crippen molar-refractivity contribution in [2.24, 2.45) is 0 Å². The molecular formula is C17H15ClF3N3O3. The second-order valence-corrected chi connectivity index (χ2v) is 5.76. The van der Waals surface area contributed by atoms with Gasteiger partial charge in [0, 0.05) is 24.0 Å². The van der Waals surface area contributed by atoms with E-state index in [0.29, 0.717) is 17.8 Å². The molecule has 10 heteroatoms. The van der Waals surface area contributed by atoms with Crippen molar-refractivity contribution in [1.82, 2.24) is 4.98 Å². The Morgan fingerprint density at radius 1 is 1.15 bits per heavy atom. The highest BCUT2D eigenvalue weighted by Gasteiger charge is 2.29. The van der Waals surface area contributed by atoms with Crippen molar-refractivity contribution in [1.29, 1.82) is 0 Å². The third-order valence-electron chi connectivity index (χ3n) is 3.19. The molecule has 2 amide bonds. The third-order valence-corrected chi connectivity index (χ3v) is 3.46. The zero-order valence-electron chi connectivity index (χ0n) is 14.1. The van der Waals surface area contributed by atoms with Crippen LogP contribution >= 0.6 is 11.6 Å². The molecule has 6 nitrogen and oxygen atoms in total. The fraction of sp³-hybridized carbons (Fsp3) is 0.235. The van der Waals surface area contributed by atoms with Crippen LogP contribution in [0.3, 0.4) is 0 Å². The van der Waals surface area contributed by atoms with Gasteiger partial charge < -0.3 is 15.4 Å². The van der Waals surface area contributed by atoms with Gasteiger partial charge in [-0.15, -0.1) is 0 Å². The number of alkyl halides is 3. The number of benzene rings is 1. The SMILES string of the molecule is CCC(=O)Nc1ccc(NC(=O)c2cnc(OCC(F)(F)F)c(Cl)c2)cc1. The summed E-state index contributed by atoms with van der Waals surface area (Å²) in [4.78, 5) is 27.2. The number of aromatic nitrogens is 1. The van der Waals surface area contributed by atoms with Crippen LogP contribution in [0.4, 0.5) is 24.5 Å². The van der Waals surface area contributed by atoms with Crippen molar-refractivity contribution < 1.29 is 27.5 Å². The summed E-state index contributed by atoms with van der Waals surface area (Å²) in [6.07, 6.45) is -3.12. The molecule has 0 aliphatic heterocycles. The normalized spacial score (nSPS) is 11.0. The van der Waals surface area contributed by atoms with Crippen LogP contribution in [0.1, 0.15) is 23.7 Å². The Bertz CT molecular complexity index is 826. The molecule has 0 atom stereocenters. The molecule has 0 bridgehead atoms. The molecule has 1 aromatic heterocycles. The van der Waals surface area contributed by atoms with Gasteiger partial charge in [-0.3, -0.25) is 9.59 Å². The highest BCUT2D eigenvalue weighted by atomic mass is 35.5. The van der Waals surface area contributed by atoms with E-state index >= 15 is 0 Å². The van der Waals surface area contributed by atoms with Gasteiger partial charge in [0.15, 0.2) is 6.61 Å². The Hall–Kier alpha value is -2.81. The lowest BCUT2D eigenvalue weighted by Crippen LogP contribution is -2.20. The maximum absolute atomic E-state index is 12.2. The van der Waals surface area contributed by atoms with Crippen LogP contribution in [0.5, 0.6) is 5.88 Å². The van der Waals surface area contributed by atoms with Gasteiger partial charge in [-0.25, -0.2) is 4.98 Å². The number of rotatable bonds is 6. The van der Waals surface area contributed by atoms with E-state index in [1.165, 1.54) is 0 Å². The lowest BCUT2D eigenvalue weighted by molar-refractivity contribution is -0.154. The summed E-state index contributed by atoms with van der Waals surface area (Å²) in [6.45, 7) is 0.189. The predicted octanol–water partition coefficient (Wildman–Crippen LogP) is 4.28. The van der Waals surface area contributed by atoms with Crippen molar-refractivity contribution in [2.75, 3.05) is 17.2 Å². The number of anilines is 2. The summed E-state index contributed by atoms with van der Waals surface area (Å²) >= 11 is 5.81. The number of amides is 2. The summed E-state index contributed by atoms with van der Waals surface area (Å²) in [6, 6.07) is 7.55. The van der Waals surface area contributed by atoms with Gasteiger partial charge in [-0.1, -0.05) is 18.5 Å². The summed E-state index contributed by atoms with van der Waals surface area (Å²) in [5, 5.41) is 5.03. The minimum absolute atomic E-state index is 0.0442. The summed E-state index contributed by atoms with van der Waals surface area (Å²) < 4.78 is 40.9. The van der Waals surface area contributed by atoms with Crippen molar-refractivity contribution in [3.05, 3.63) is 47.1 Å². The van der Waals surface area contributed by atoms with Crippen molar-refractivity contribution in [2.45, 2.75) is 19.5 Å². The summed E-state index contributed by atoms with van der Waals surface area (Å²) in [7, 11) is 0. The maximum Gasteiger partial charge on any atom is 0.422 e. The van der Waals surface area contributed by atoms with E-state index in [0.717, 1.165) is 12.3 Å². The molecule has 0 radical (unpaired) electrons. The first-order valence-electron chi connectivity index (χ1n) is 7.74. The lowest BCUT2D eigenvalue weighted by Gasteiger charge is -2.11. The molecule has 2 aromatic rings. The Morgan fingerprint density at radius 3 is 2.26 bits per heavy atom. The van der Waals surface area contributed by atoms with Crippen molar-refractivity contribution >= 4 is 34.8 Å². The van der Waals surface area contributed by atoms with Gasteiger partial charge in [0.1, 0.15) is 5.02 Å². The number of halogens is 4. The molecule has 0 saturated carbocycles. The number of nitrogens with zero attached hydrogens (tertiary/aromatic N) is 1. The molecule has 2 rings (SSSR count). The average Bonchev–Trinajstić information content (AvgIpc) is 2.61. The van der Waals surface area contributed by atoms with Crippen LogP contribution in [0, 0.1) is 0 Å². The molecule has 0 saturated heterocycles. The first kappa shape index (κ1) is 20.5. The van der Waals surface area contributed by atoms with E-state index in [1.807, 2.05) is 0 Å². The Morgan fingerprint density at radius 2 is 1.74 bits per heavy atom. The molecule has 1 heterocycles. The molecular weight excluding hydrogens is 387 g/mol. The minimum atomic E-state index is -4.52. The number of carbonyl (C=O) groups excluding carboxylic acids is 2. The Balaban J connectivity index is 2.01. The number of pyridine rings is 1. The van der Waals surface area contributed by atoms with Crippen molar-refractivity contribution in [3.63, 3.8) is 0 Å². The van der Waals surface area contributed by atoms with Crippen LogP contribution in [0.15, 0.2) is 36.5 Å². The molecule has 0 fully saturated rings. The third kappa shape index (κ3) is 6.45. The maximum atomic E-state index is 12.2. The predicted molar refractivity (Wildman–Crippen MR) is 94.1 cm³/mol. The van der Waals surface area contributed by atoms with E-state index < -0.39 is 24.6 Å². The highest BCUT2D eigenvalue weighted by molar-refractivity contribution is 6.32. The van der Waals surface area contributed by atoms with Gasteiger partial charge in [0.2, 0.25) is 11.8 Å². The standard InChI is InChI=1S/C17H15ClF3N3O3/c1-2-14(25)23-11-3-5-12(6-4-11)24-15(26)10-7-13(18)16(22-8-10)27-9-17(19,20)21/h3-8H,2,9H2,1H3,(H,23,25)(H,24,26). The molecule has 2 N–H and O–H groups in total. The largest absolute Gasteiger partial charge is 0.467 e. The quantitative estimate of drug-likeness (QED) is 0.757. The molecule has 144 valence electrons. The van der Waals surface area contributed by atoms with Crippen LogP contribution < -0.4 is 15.4 Å². The van der Waals surface area contributed by atoms with E-state index in [4.69, 9.17) is 11.6 Å². The molecule has 0 aliphatic carbocycles. The van der Waals surface area contributed by atoms with Gasteiger partial charge in [0.05, 0.1) is 5.56 Å². The number of hydrogen-bond donors (Lipinski definition) is 2. The second-order valence-electron chi connectivity index (χ2n) is 5.35. The van der Waals surface area contributed by atoms with E-state index in [1.54, 1.807) is 31.2 Å². The Labute approximate surface area is 157 Å². The fourth-order valence-corrected chi connectivity index (χ4v) is 2.12. The number of nitrogens with one attached hydrogen (secondary N) is 2. The molecule has 0 aliphatic rings. The topological polar surface area (TPSA) is 80.3 Å². The molecule has 0 unspecified atom stereocenters. The van der Waals surface area contributed by atoms with Crippen LogP contribution in [-0.4, -0.2) is 29.6 Å². The first-order chi connectivity index (χ1) is 12.7. The zero-order valence-corrected chi connectivity index (χ0v) is 14.8. The monoisotopic (exact) mass is 401 g/mol. The lowest BCUT2D eigenvalue weighted by atomic mass is 10.2. The molecule has 0 spiro atoms. The minimum Gasteiger partial charge on any atom is -0.467 e. The number of hydrogen-bond acceptors (Lipinski definition) is 4. The highest BCUT2D eigenvalue weighted by Crippen LogP contribution is 2.25. The Kier molecular flexibility index (Phi) is 6.62. The summed E-state index contributed by atoms with van der Waals surface area (Å²) in [5.74, 6) is -1.11. The van der Waals surface area contributed by atoms with E-state index in [2.05, 4.69) is 20.4 Å². The van der Waals surface area contributed by atoms with Gasteiger partial charge >= 0.3 is 6.18 Å².